The number of carbonyl (C=O) groups is 3. The first-order valence-corrected chi connectivity index (χ1v) is 14.8. The molecule has 218 valence electrons. The van der Waals surface area contributed by atoms with E-state index in [1.807, 2.05) is 19.1 Å². The van der Waals surface area contributed by atoms with Crippen LogP contribution < -0.4 is 0 Å². The van der Waals surface area contributed by atoms with Gasteiger partial charge in [-0.25, -0.2) is 0 Å². The average molecular weight is 552 g/mol. The molecular weight excluding hydrogens is 506 g/mol. The quantitative estimate of drug-likeness (QED) is 0.249. The molecule has 0 heterocycles. The van der Waals surface area contributed by atoms with Crippen LogP contribution in [0.4, 0.5) is 0 Å². The standard InChI is InChI=1S/C33H45NO6/c1-29(2)12-13-33(28(37)39-7)11-8-21-26(22(33)16-29)23(35)14-25-30(21,3)10-9-24-31(25,4)15-20(17-34)27(36)32(24,5)18-40-19-38-6/h14-15,21-22,24,26H,8-13,16,18-19H2,1-7H3/t21?,22?,24?,26?,30-,31-,32+,33+/m0/s1. The average Bonchev–Trinajstić information content (AvgIpc) is 2.91. The van der Waals surface area contributed by atoms with Crippen molar-refractivity contribution in [1.82, 2.24) is 0 Å². The van der Waals surface area contributed by atoms with Crippen molar-refractivity contribution >= 4 is 17.5 Å². The number of hydrogen-bond donors (Lipinski definition) is 0. The number of hydrogen-bond acceptors (Lipinski definition) is 7. The Labute approximate surface area is 238 Å². The molecule has 7 heteroatoms. The first-order valence-electron chi connectivity index (χ1n) is 14.8. The summed E-state index contributed by atoms with van der Waals surface area (Å²) < 4.78 is 16.2. The maximum atomic E-state index is 14.3. The van der Waals surface area contributed by atoms with Gasteiger partial charge in [-0.05, 0) is 86.5 Å². The Bertz CT molecular complexity index is 1230. The van der Waals surface area contributed by atoms with Crippen LogP contribution in [0.15, 0.2) is 23.3 Å². The molecule has 0 aromatic rings. The molecule has 0 saturated heterocycles. The lowest BCUT2D eigenvalue weighted by Crippen LogP contribution is -2.62. The van der Waals surface area contributed by atoms with E-state index in [4.69, 9.17) is 14.2 Å². The zero-order valence-electron chi connectivity index (χ0n) is 25.2. The molecule has 0 bridgehead atoms. The van der Waals surface area contributed by atoms with Gasteiger partial charge in [-0.3, -0.25) is 14.4 Å². The van der Waals surface area contributed by atoms with Gasteiger partial charge in [-0.2, -0.15) is 5.26 Å². The van der Waals surface area contributed by atoms with E-state index < -0.39 is 16.2 Å². The van der Waals surface area contributed by atoms with Crippen molar-refractivity contribution in [3.8, 4) is 6.07 Å². The molecule has 5 rings (SSSR count). The summed E-state index contributed by atoms with van der Waals surface area (Å²) in [7, 11) is 3.02. The summed E-state index contributed by atoms with van der Waals surface area (Å²) in [6.45, 7) is 11.0. The van der Waals surface area contributed by atoms with Crippen LogP contribution in [0.2, 0.25) is 0 Å². The molecule has 0 spiro atoms. The van der Waals surface area contributed by atoms with Crippen molar-refractivity contribution < 1.29 is 28.6 Å². The van der Waals surface area contributed by atoms with Gasteiger partial charge >= 0.3 is 5.97 Å². The fourth-order valence-corrected chi connectivity index (χ4v) is 10.2. The fraction of sp³-hybridized carbons (Fsp3) is 0.758. The molecule has 0 aliphatic heterocycles. The number of ether oxygens (including phenoxy) is 3. The Morgan fingerprint density at radius 3 is 2.40 bits per heavy atom. The molecule has 5 aliphatic rings. The summed E-state index contributed by atoms with van der Waals surface area (Å²) in [5.74, 6) is -0.560. The molecule has 0 amide bonds. The Morgan fingerprint density at radius 1 is 1.02 bits per heavy atom. The van der Waals surface area contributed by atoms with E-state index in [-0.39, 0.29) is 71.0 Å². The largest absolute Gasteiger partial charge is 0.469 e. The van der Waals surface area contributed by atoms with Crippen molar-refractivity contribution in [2.45, 2.75) is 79.6 Å². The number of nitrogens with zero attached hydrogens (tertiary/aromatic N) is 1. The number of carbonyl (C=O) groups excluding carboxylic acids is 3. The van der Waals surface area contributed by atoms with Crippen LogP contribution in [0.3, 0.4) is 0 Å². The summed E-state index contributed by atoms with van der Waals surface area (Å²) in [4.78, 5) is 41.3. The van der Waals surface area contributed by atoms with Gasteiger partial charge in [-0.15, -0.1) is 0 Å². The number of methoxy groups -OCH3 is 2. The van der Waals surface area contributed by atoms with E-state index in [0.717, 1.165) is 50.5 Å². The lowest BCUT2D eigenvalue weighted by atomic mass is 9.38. The number of allylic oxidation sites excluding steroid dienone is 4. The molecule has 4 unspecified atom stereocenters. The maximum Gasteiger partial charge on any atom is 0.312 e. The summed E-state index contributed by atoms with van der Waals surface area (Å²) in [6.07, 6.45) is 9.40. The molecule has 7 nitrogen and oxygen atoms in total. The van der Waals surface area contributed by atoms with Gasteiger partial charge in [0.1, 0.15) is 12.9 Å². The van der Waals surface area contributed by atoms with Crippen molar-refractivity contribution in [1.29, 1.82) is 5.26 Å². The summed E-state index contributed by atoms with van der Waals surface area (Å²) >= 11 is 0. The SMILES string of the molecule is COCOC[C@@]1(C)C(=O)C(C#N)=C[C@]2(C)C3=CC(=O)C4C5CC(C)(C)CC[C@]5(C(=O)OC)CCC4[C@]3(C)CCC12. The summed E-state index contributed by atoms with van der Waals surface area (Å²) in [5, 5.41) is 10.0. The monoisotopic (exact) mass is 551 g/mol. The van der Waals surface area contributed by atoms with Gasteiger partial charge in [0.2, 0.25) is 0 Å². The molecule has 8 atom stereocenters. The highest BCUT2D eigenvalue weighted by Gasteiger charge is 2.67. The van der Waals surface area contributed by atoms with E-state index in [9.17, 15) is 19.6 Å². The molecule has 40 heavy (non-hydrogen) atoms. The van der Waals surface area contributed by atoms with Crippen LogP contribution in [0.1, 0.15) is 79.6 Å². The minimum atomic E-state index is -0.908. The van der Waals surface area contributed by atoms with Gasteiger partial charge < -0.3 is 14.2 Å². The van der Waals surface area contributed by atoms with E-state index in [0.29, 0.717) is 0 Å². The first kappa shape index (κ1) is 29.2. The lowest BCUT2D eigenvalue weighted by molar-refractivity contribution is -0.178. The van der Waals surface area contributed by atoms with Crippen LogP contribution in [-0.4, -0.2) is 45.2 Å². The zero-order chi connectivity index (χ0) is 29.3. The molecule has 0 N–H and O–H groups in total. The van der Waals surface area contributed by atoms with E-state index in [1.54, 1.807) is 7.11 Å². The molecular formula is C33H45NO6. The second-order valence-corrected chi connectivity index (χ2v) is 14.7. The third kappa shape index (κ3) is 3.92. The van der Waals surface area contributed by atoms with Crippen LogP contribution in [-0.2, 0) is 28.6 Å². The van der Waals surface area contributed by atoms with Crippen molar-refractivity contribution in [2.75, 3.05) is 27.6 Å². The Morgan fingerprint density at radius 2 is 1.75 bits per heavy atom. The lowest BCUT2D eigenvalue weighted by Gasteiger charge is -2.64. The summed E-state index contributed by atoms with van der Waals surface area (Å²) in [5.41, 5.74) is -1.19. The Balaban J connectivity index is 1.62. The van der Waals surface area contributed by atoms with Crippen molar-refractivity contribution in [3.05, 3.63) is 23.3 Å². The third-order valence-electron chi connectivity index (χ3n) is 12.1. The predicted molar refractivity (Wildman–Crippen MR) is 148 cm³/mol. The van der Waals surface area contributed by atoms with Crippen LogP contribution in [0.5, 0.6) is 0 Å². The minimum Gasteiger partial charge on any atom is -0.469 e. The summed E-state index contributed by atoms with van der Waals surface area (Å²) in [6, 6.07) is 2.16. The maximum absolute atomic E-state index is 14.3. The van der Waals surface area contributed by atoms with E-state index >= 15 is 0 Å². The number of Topliss-reactive ketones (excluding diaryl/α,β-unsaturated/α-hetero) is 1. The van der Waals surface area contributed by atoms with Gasteiger partial charge in [0.15, 0.2) is 11.6 Å². The number of nitriles is 1. The van der Waals surface area contributed by atoms with E-state index in [1.165, 1.54) is 7.11 Å². The normalized spacial score (nSPS) is 43.6. The van der Waals surface area contributed by atoms with Gasteiger partial charge in [0.25, 0.3) is 0 Å². The topological polar surface area (TPSA) is 103 Å². The third-order valence-corrected chi connectivity index (χ3v) is 12.1. The number of fused-ring (bicyclic) bond motifs is 7. The van der Waals surface area contributed by atoms with Crippen molar-refractivity contribution in [2.24, 2.45) is 50.7 Å². The number of rotatable bonds is 5. The highest BCUT2D eigenvalue weighted by atomic mass is 16.7. The Hall–Kier alpha value is -2.30. The fourth-order valence-electron chi connectivity index (χ4n) is 10.2. The number of ketones is 2. The van der Waals surface area contributed by atoms with Gasteiger partial charge in [0, 0.05) is 18.4 Å². The molecule has 0 radical (unpaired) electrons. The van der Waals surface area contributed by atoms with E-state index in [2.05, 4.69) is 33.8 Å². The van der Waals surface area contributed by atoms with Crippen LogP contribution in [0.25, 0.3) is 0 Å². The highest BCUT2D eigenvalue weighted by molar-refractivity contribution is 6.05. The first-order chi connectivity index (χ1) is 18.7. The smallest absolute Gasteiger partial charge is 0.312 e. The second kappa shape index (κ2) is 9.63. The van der Waals surface area contributed by atoms with Crippen molar-refractivity contribution in [3.63, 3.8) is 0 Å². The van der Waals surface area contributed by atoms with Crippen LogP contribution in [0, 0.1) is 62.1 Å². The molecule has 3 saturated carbocycles. The molecule has 5 aliphatic carbocycles. The zero-order valence-corrected chi connectivity index (χ0v) is 25.2. The molecule has 0 aromatic carbocycles. The molecule has 3 fully saturated rings. The van der Waals surface area contributed by atoms with Gasteiger partial charge in [-0.1, -0.05) is 39.3 Å². The molecule has 0 aromatic heterocycles. The predicted octanol–water partition coefficient (Wildman–Crippen LogP) is 5.59. The minimum absolute atomic E-state index is 0.0527. The van der Waals surface area contributed by atoms with Gasteiger partial charge in [0.05, 0.1) is 30.1 Å². The second-order valence-electron chi connectivity index (χ2n) is 14.7. The Kier molecular flexibility index (Phi) is 7.03. The van der Waals surface area contributed by atoms with Crippen LogP contribution >= 0.6 is 0 Å². The highest BCUT2D eigenvalue weighted by Crippen LogP contribution is 2.70. The number of esters is 1.